The average Bonchev–Trinajstić information content (AvgIpc) is 2.97. The Morgan fingerprint density at radius 2 is 2.19 bits per heavy atom. The summed E-state index contributed by atoms with van der Waals surface area (Å²) in [5, 5.41) is 13.2. The van der Waals surface area contributed by atoms with Gasteiger partial charge in [-0.15, -0.1) is 10.2 Å². The second kappa shape index (κ2) is 3.69. The molecule has 0 radical (unpaired) electrons. The summed E-state index contributed by atoms with van der Waals surface area (Å²) >= 11 is 1.68. The highest BCUT2D eigenvalue weighted by Gasteiger charge is 2.35. The number of nitrogens with zero attached hydrogens (tertiary/aromatic N) is 3. The van der Waals surface area contributed by atoms with Crippen LogP contribution in [0.1, 0.15) is 23.8 Å². The third-order valence-corrected chi connectivity index (χ3v) is 4.27. The smallest absolute Gasteiger partial charge is 0.226 e. The van der Waals surface area contributed by atoms with Gasteiger partial charge in [-0.1, -0.05) is 11.3 Å². The molecular weight excluding hydrogens is 224 g/mol. The van der Waals surface area contributed by atoms with E-state index in [9.17, 15) is 4.79 Å². The maximum atomic E-state index is 11.3. The lowest BCUT2D eigenvalue weighted by Gasteiger charge is -2.37. The quantitative estimate of drug-likeness (QED) is 0.837. The minimum absolute atomic E-state index is 0.123. The zero-order valence-corrected chi connectivity index (χ0v) is 9.96. The lowest BCUT2D eigenvalue weighted by molar-refractivity contribution is -0.125. The Morgan fingerprint density at radius 1 is 1.44 bits per heavy atom. The topological polar surface area (TPSA) is 58.1 Å². The van der Waals surface area contributed by atoms with Crippen LogP contribution in [-0.2, 0) is 4.79 Å². The van der Waals surface area contributed by atoms with Gasteiger partial charge in [0.2, 0.25) is 11.0 Å². The van der Waals surface area contributed by atoms with Gasteiger partial charge in [-0.3, -0.25) is 4.79 Å². The Hall–Kier alpha value is -1.17. The summed E-state index contributed by atoms with van der Waals surface area (Å²) in [4.78, 5) is 13.5. The molecule has 1 aromatic rings. The zero-order valence-electron chi connectivity index (χ0n) is 9.14. The van der Waals surface area contributed by atoms with Gasteiger partial charge in [-0.2, -0.15) is 0 Å². The lowest BCUT2D eigenvalue weighted by Crippen LogP contribution is -2.53. The molecule has 0 aromatic carbocycles. The van der Waals surface area contributed by atoms with Crippen LogP contribution in [-0.4, -0.2) is 36.2 Å². The molecule has 5 nitrogen and oxygen atoms in total. The monoisotopic (exact) mass is 238 g/mol. The third kappa shape index (κ3) is 1.67. The van der Waals surface area contributed by atoms with Crippen molar-refractivity contribution in [2.24, 2.45) is 5.92 Å². The third-order valence-electron chi connectivity index (χ3n) is 3.13. The van der Waals surface area contributed by atoms with Gasteiger partial charge >= 0.3 is 0 Å². The first-order chi connectivity index (χ1) is 7.78. The largest absolute Gasteiger partial charge is 0.359 e. The molecule has 2 aliphatic rings. The first-order valence-corrected chi connectivity index (χ1v) is 6.39. The number of hydrogen-bond donors (Lipinski definition) is 1. The van der Waals surface area contributed by atoms with Gasteiger partial charge in [-0.25, -0.2) is 0 Å². The van der Waals surface area contributed by atoms with Crippen molar-refractivity contribution in [1.82, 2.24) is 15.5 Å². The summed E-state index contributed by atoms with van der Waals surface area (Å²) in [5.41, 5.74) is 0. The van der Waals surface area contributed by atoms with Crippen molar-refractivity contribution in [2.45, 2.75) is 18.8 Å². The summed E-state index contributed by atoms with van der Waals surface area (Å²) in [7, 11) is 1.68. The predicted molar refractivity (Wildman–Crippen MR) is 61.7 cm³/mol. The molecule has 0 atom stereocenters. The Morgan fingerprint density at radius 3 is 2.81 bits per heavy atom. The molecule has 2 heterocycles. The number of rotatable bonds is 3. The van der Waals surface area contributed by atoms with E-state index in [2.05, 4.69) is 20.4 Å². The Labute approximate surface area is 97.9 Å². The fourth-order valence-corrected chi connectivity index (χ4v) is 2.89. The van der Waals surface area contributed by atoms with Crippen LogP contribution in [0.4, 0.5) is 5.13 Å². The molecule has 0 spiro atoms. The van der Waals surface area contributed by atoms with Crippen LogP contribution in [0.3, 0.4) is 0 Å². The molecule has 6 heteroatoms. The highest BCUT2D eigenvalue weighted by atomic mass is 32.1. The van der Waals surface area contributed by atoms with Crippen LogP contribution in [0.15, 0.2) is 0 Å². The van der Waals surface area contributed by atoms with Crippen molar-refractivity contribution in [3.8, 4) is 0 Å². The number of carbonyl (C=O) groups is 1. The molecule has 0 unspecified atom stereocenters. The summed E-state index contributed by atoms with van der Waals surface area (Å²) in [5.74, 6) is 0.920. The van der Waals surface area contributed by atoms with Gasteiger partial charge in [-0.05, 0) is 12.8 Å². The Kier molecular flexibility index (Phi) is 2.31. The van der Waals surface area contributed by atoms with E-state index >= 15 is 0 Å². The lowest BCUT2D eigenvalue weighted by atomic mass is 10.0. The first kappa shape index (κ1) is 10.0. The van der Waals surface area contributed by atoms with E-state index < -0.39 is 0 Å². The van der Waals surface area contributed by atoms with Crippen molar-refractivity contribution < 1.29 is 4.79 Å². The molecule has 3 rings (SSSR count). The zero-order chi connectivity index (χ0) is 11.1. The van der Waals surface area contributed by atoms with E-state index in [1.807, 2.05) is 0 Å². The molecule has 1 saturated carbocycles. The van der Waals surface area contributed by atoms with Crippen molar-refractivity contribution in [1.29, 1.82) is 0 Å². The minimum Gasteiger partial charge on any atom is -0.359 e. The van der Waals surface area contributed by atoms with Crippen LogP contribution < -0.4 is 10.2 Å². The molecular formula is C10H14N4OS. The molecule has 2 fully saturated rings. The van der Waals surface area contributed by atoms with E-state index in [4.69, 9.17) is 0 Å². The highest BCUT2D eigenvalue weighted by molar-refractivity contribution is 7.15. The molecule has 0 bridgehead atoms. The minimum atomic E-state index is 0.123. The average molecular weight is 238 g/mol. The molecule has 1 aliphatic carbocycles. The van der Waals surface area contributed by atoms with Crippen molar-refractivity contribution >= 4 is 22.4 Å². The van der Waals surface area contributed by atoms with Crippen molar-refractivity contribution in [3.05, 3.63) is 5.01 Å². The van der Waals surface area contributed by atoms with Gasteiger partial charge in [0.25, 0.3) is 0 Å². The van der Waals surface area contributed by atoms with Crippen LogP contribution in [0.2, 0.25) is 0 Å². The molecule has 1 N–H and O–H groups in total. The van der Waals surface area contributed by atoms with E-state index in [0.29, 0.717) is 5.92 Å². The summed E-state index contributed by atoms with van der Waals surface area (Å²) in [6, 6.07) is 0. The number of anilines is 1. The fraction of sp³-hybridized carbons (Fsp3) is 0.700. The van der Waals surface area contributed by atoms with Crippen LogP contribution in [0.5, 0.6) is 0 Å². The SMILES string of the molecule is CNC(=O)C1CN(c2nnc(C3CC3)s2)C1. The van der Waals surface area contributed by atoms with Crippen LogP contribution in [0.25, 0.3) is 0 Å². The van der Waals surface area contributed by atoms with E-state index in [1.54, 1.807) is 18.4 Å². The van der Waals surface area contributed by atoms with Crippen LogP contribution in [0, 0.1) is 5.92 Å². The van der Waals surface area contributed by atoms with Gasteiger partial charge in [0.15, 0.2) is 0 Å². The van der Waals surface area contributed by atoms with Crippen molar-refractivity contribution in [2.75, 3.05) is 25.0 Å². The number of hydrogen-bond acceptors (Lipinski definition) is 5. The molecule has 1 saturated heterocycles. The van der Waals surface area contributed by atoms with E-state index in [1.165, 1.54) is 17.8 Å². The second-order valence-corrected chi connectivity index (χ2v) is 5.40. The Bertz CT molecular complexity index is 409. The molecule has 1 aliphatic heterocycles. The molecule has 1 amide bonds. The Balaban J connectivity index is 1.60. The molecule has 86 valence electrons. The summed E-state index contributed by atoms with van der Waals surface area (Å²) in [6.07, 6.45) is 2.52. The van der Waals surface area contributed by atoms with E-state index in [-0.39, 0.29) is 11.8 Å². The van der Waals surface area contributed by atoms with Gasteiger partial charge in [0.1, 0.15) is 5.01 Å². The first-order valence-electron chi connectivity index (χ1n) is 5.58. The number of nitrogens with one attached hydrogen (secondary N) is 1. The van der Waals surface area contributed by atoms with E-state index in [0.717, 1.165) is 18.2 Å². The molecule has 16 heavy (non-hydrogen) atoms. The van der Waals surface area contributed by atoms with Crippen LogP contribution >= 0.6 is 11.3 Å². The maximum Gasteiger partial charge on any atom is 0.226 e. The predicted octanol–water partition coefficient (Wildman–Crippen LogP) is 0.598. The maximum absolute atomic E-state index is 11.3. The summed E-state index contributed by atoms with van der Waals surface area (Å²) < 4.78 is 0. The number of aromatic nitrogens is 2. The van der Waals surface area contributed by atoms with Gasteiger partial charge < -0.3 is 10.2 Å². The number of amides is 1. The standard InChI is InChI=1S/C10H14N4OS/c1-11-8(15)7-4-14(5-7)10-13-12-9(16-10)6-2-3-6/h6-7H,2-5H2,1H3,(H,11,15). The highest BCUT2D eigenvalue weighted by Crippen LogP contribution is 2.43. The van der Waals surface area contributed by atoms with Gasteiger partial charge in [0, 0.05) is 26.1 Å². The second-order valence-electron chi connectivity index (χ2n) is 4.41. The molecule has 1 aromatic heterocycles. The van der Waals surface area contributed by atoms with Gasteiger partial charge in [0.05, 0.1) is 5.92 Å². The van der Waals surface area contributed by atoms with Crippen molar-refractivity contribution in [3.63, 3.8) is 0 Å². The summed E-state index contributed by atoms with van der Waals surface area (Å²) in [6.45, 7) is 1.55. The fourth-order valence-electron chi connectivity index (χ4n) is 1.85. The number of carbonyl (C=O) groups excluding carboxylic acids is 1. The normalized spacial score (nSPS) is 20.7.